The molecule has 0 fully saturated rings. The number of hydrogen-bond donors (Lipinski definition) is 0. The van der Waals surface area contributed by atoms with Crippen LogP contribution in [0, 0.1) is 0 Å². The summed E-state index contributed by atoms with van der Waals surface area (Å²) in [4.78, 5) is 38.1. The predicted octanol–water partition coefficient (Wildman–Crippen LogP) is 19.2. The number of ether oxygens (including phenoxy) is 3. The van der Waals surface area contributed by atoms with Gasteiger partial charge in [0.05, 0.1) is 0 Å². The minimum absolute atomic E-state index is 0.0610. The first-order valence-electron chi connectivity index (χ1n) is 29.0. The molecule has 0 aromatic carbocycles. The van der Waals surface area contributed by atoms with Gasteiger partial charge in [0.1, 0.15) is 13.2 Å². The zero-order chi connectivity index (χ0) is 46.5. The Hall–Kier alpha value is -1.59. The second-order valence-electron chi connectivity index (χ2n) is 19.9. The van der Waals surface area contributed by atoms with Crippen molar-refractivity contribution >= 4 is 17.9 Å². The zero-order valence-electron chi connectivity index (χ0n) is 43.6. The van der Waals surface area contributed by atoms with Crippen molar-refractivity contribution in [1.82, 2.24) is 0 Å². The molecule has 0 radical (unpaired) electrons. The molecule has 0 saturated heterocycles. The summed E-state index contributed by atoms with van der Waals surface area (Å²) in [5.41, 5.74) is 0. The lowest BCUT2D eigenvalue weighted by Gasteiger charge is -2.18. The smallest absolute Gasteiger partial charge is 0.306 e. The van der Waals surface area contributed by atoms with Gasteiger partial charge in [-0.1, -0.05) is 297 Å². The third kappa shape index (κ3) is 51.4. The molecule has 0 bridgehead atoms. The summed E-state index contributed by atoms with van der Waals surface area (Å²) in [6, 6.07) is 0. The van der Waals surface area contributed by atoms with E-state index in [4.69, 9.17) is 14.2 Å². The molecular weight excluding hydrogens is 793 g/mol. The monoisotopic (exact) mass is 905 g/mol. The summed E-state index contributed by atoms with van der Waals surface area (Å²) >= 11 is 0. The van der Waals surface area contributed by atoms with E-state index >= 15 is 0 Å². The second-order valence-corrected chi connectivity index (χ2v) is 19.9. The molecule has 0 N–H and O–H groups in total. The average molecular weight is 906 g/mol. The van der Waals surface area contributed by atoms with Crippen molar-refractivity contribution in [2.24, 2.45) is 0 Å². The van der Waals surface area contributed by atoms with Crippen LogP contribution in [0.2, 0.25) is 0 Å². The lowest BCUT2D eigenvalue weighted by atomic mass is 10.0. The molecule has 1 atom stereocenters. The van der Waals surface area contributed by atoms with Crippen LogP contribution in [0.4, 0.5) is 0 Å². The summed E-state index contributed by atoms with van der Waals surface area (Å²) in [5, 5.41) is 0. The molecule has 0 aliphatic carbocycles. The lowest BCUT2D eigenvalue weighted by Crippen LogP contribution is -2.30. The minimum atomic E-state index is -0.760. The average Bonchev–Trinajstić information content (AvgIpc) is 3.29. The van der Waals surface area contributed by atoms with Crippen LogP contribution in [0.15, 0.2) is 0 Å². The van der Waals surface area contributed by atoms with Crippen LogP contribution >= 0.6 is 0 Å². The molecule has 380 valence electrons. The van der Waals surface area contributed by atoms with Gasteiger partial charge in [-0.3, -0.25) is 14.4 Å². The van der Waals surface area contributed by atoms with E-state index in [-0.39, 0.29) is 31.1 Å². The number of hydrogen-bond acceptors (Lipinski definition) is 6. The molecule has 0 heterocycles. The predicted molar refractivity (Wildman–Crippen MR) is 275 cm³/mol. The summed E-state index contributed by atoms with van der Waals surface area (Å²) in [5.74, 6) is -0.832. The second kappa shape index (κ2) is 54.0. The molecular formula is C58H112O6. The third-order valence-electron chi connectivity index (χ3n) is 13.4. The van der Waals surface area contributed by atoms with Crippen LogP contribution in [0.25, 0.3) is 0 Å². The molecule has 0 saturated carbocycles. The summed E-state index contributed by atoms with van der Waals surface area (Å²) in [6.45, 7) is 6.70. The van der Waals surface area contributed by atoms with Crippen LogP contribution in [-0.2, 0) is 28.6 Å². The maximum atomic E-state index is 12.8. The molecule has 0 unspecified atom stereocenters. The number of unbranched alkanes of at least 4 members (excludes halogenated alkanes) is 43. The Morgan fingerprint density at radius 3 is 0.625 bits per heavy atom. The highest BCUT2D eigenvalue weighted by molar-refractivity contribution is 5.71. The first kappa shape index (κ1) is 62.4. The molecule has 0 aliphatic heterocycles. The molecule has 0 aromatic heterocycles. The molecule has 6 nitrogen and oxygen atoms in total. The SMILES string of the molecule is CCCCCCCCCCCCCCCCCCCCC(=O)OC[C@@H](COC(=O)CCCCCCCCCCCCCC)OC(=O)CCCCCCCCCCCCCCCCCC. The first-order valence-corrected chi connectivity index (χ1v) is 29.0. The zero-order valence-corrected chi connectivity index (χ0v) is 43.6. The van der Waals surface area contributed by atoms with Gasteiger partial charge in [0.2, 0.25) is 0 Å². The Morgan fingerprint density at radius 2 is 0.422 bits per heavy atom. The standard InChI is InChI=1S/C58H112O6/c1-4-7-10-13-16-19-22-25-27-29-30-32-33-36-39-42-45-48-51-57(60)63-54-55(53-62-56(59)50-47-44-41-38-35-24-21-18-15-12-9-6-3)64-58(61)52-49-46-43-40-37-34-31-28-26-23-20-17-14-11-8-5-2/h55H,4-54H2,1-3H3/t55-/m1/s1. The van der Waals surface area contributed by atoms with Crippen molar-refractivity contribution in [3.63, 3.8) is 0 Å². The largest absolute Gasteiger partial charge is 0.462 e. The molecule has 0 spiro atoms. The fraction of sp³-hybridized carbons (Fsp3) is 0.948. The van der Waals surface area contributed by atoms with E-state index in [1.807, 2.05) is 0 Å². The highest BCUT2D eigenvalue weighted by atomic mass is 16.6. The highest BCUT2D eigenvalue weighted by Crippen LogP contribution is 2.18. The summed E-state index contributed by atoms with van der Waals surface area (Å²) in [7, 11) is 0. The summed E-state index contributed by atoms with van der Waals surface area (Å²) < 4.78 is 16.9. The van der Waals surface area contributed by atoms with Gasteiger partial charge in [-0.15, -0.1) is 0 Å². The maximum absolute atomic E-state index is 12.8. The fourth-order valence-corrected chi connectivity index (χ4v) is 8.98. The van der Waals surface area contributed by atoms with Crippen molar-refractivity contribution in [1.29, 1.82) is 0 Å². The van der Waals surface area contributed by atoms with Crippen LogP contribution in [0.1, 0.15) is 335 Å². The molecule has 0 aromatic rings. The van der Waals surface area contributed by atoms with Crippen molar-refractivity contribution < 1.29 is 28.6 Å². The Balaban J connectivity index is 4.26. The normalized spacial score (nSPS) is 11.9. The highest BCUT2D eigenvalue weighted by Gasteiger charge is 2.19. The molecule has 64 heavy (non-hydrogen) atoms. The number of rotatable bonds is 54. The van der Waals surface area contributed by atoms with Crippen LogP contribution < -0.4 is 0 Å². The van der Waals surface area contributed by atoms with E-state index in [1.165, 1.54) is 238 Å². The van der Waals surface area contributed by atoms with E-state index in [1.54, 1.807) is 0 Å². The molecule has 0 aliphatic rings. The van der Waals surface area contributed by atoms with E-state index in [2.05, 4.69) is 20.8 Å². The van der Waals surface area contributed by atoms with Crippen molar-refractivity contribution in [2.75, 3.05) is 13.2 Å². The number of esters is 3. The van der Waals surface area contributed by atoms with E-state index in [0.29, 0.717) is 19.3 Å². The van der Waals surface area contributed by atoms with Gasteiger partial charge >= 0.3 is 17.9 Å². The fourth-order valence-electron chi connectivity index (χ4n) is 8.98. The van der Waals surface area contributed by atoms with Gasteiger partial charge in [-0.05, 0) is 19.3 Å². The lowest BCUT2D eigenvalue weighted by molar-refractivity contribution is -0.167. The third-order valence-corrected chi connectivity index (χ3v) is 13.4. The van der Waals surface area contributed by atoms with E-state index in [0.717, 1.165) is 57.8 Å². The van der Waals surface area contributed by atoms with Crippen molar-refractivity contribution in [3.05, 3.63) is 0 Å². The first-order chi connectivity index (χ1) is 31.5. The van der Waals surface area contributed by atoms with Crippen LogP contribution in [-0.4, -0.2) is 37.2 Å². The van der Waals surface area contributed by atoms with Gasteiger partial charge < -0.3 is 14.2 Å². The quantitative estimate of drug-likeness (QED) is 0.0344. The van der Waals surface area contributed by atoms with Crippen molar-refractivity contribution in [3.8, 4) is 0 Å². The number of carbonyl (C=O) groups excluding carboxylic acids is 3. The maximum Gasteiger partial charge on any atom is 0.306 e. The minimum Gasteiger partial charge on any atom is -0.462 e. The van der Waals surface area contributed by atoms with Gasteiger partial charge in [0.25, 0.3) is 0 Å². The van der Waals surface area contributed by atoms with E-state index in [9.17, 15) is 14.4 Å². The Morgan fingerprint density at radius 1 is 0.250 bits per heavy atom. The molecule has 0 rings (SSSR count). The van der Waals surface area contributed by atoms with Gasteiger partial charge in [-0.25, -0.2) is 0 Å². The van der Waals surface area contributed by atoms with E-state index < -0.39 is 6.10 Å². The Bertz CT molecular complexity index is 951. The Labute approximate surface area is 399 Å². The van der Waals surface area contributed by atoms with Crippen molar-refractivity contribution in [2.45, 2.75) is 341 Å². The van der Waals surface area contributed by atoms with Gasteiger partial charge in [0.15, 0.2) is 6.10 Å². The van der Waals surface area contributed by atoms with Gasteiger partial charge in [-0.2, -0.15) is 0 Å². The molecule has 0 amide bonds. The topological polar surface area (TPSA) is 78.9 Å². The van der Waals surface area contributed by atoms with Crippen LogP contribution in [0.5, 0.6) is 0 Å². The van der Waals surface area contributed by atoms with Crippen LogP contribution in [0.3, 0.4) is 0 Å². The molecule has 6 heteroatoms. The summed E-state index contributed by atoms with van der Waals surface area (Å²) in [6.07, 6.45) is 59.5. The van der Waals surface area contributed by atoms with Gasteiger partial charge in [0, 0.05) is 19.3 Å². The number of carbonyl (C=O) groups is 3. The Kier molecular flexibility index (Phi) is 52.7.